The van der Waals surface area contributed by atoms with E-state index in [0.717, 1.165) is 16.4 Å². The number of nitrogens with zero attached hydrogens (tertiary/aromatic N) is 2. The third kappa shape index (κ3) is 2.60. The van der Waals surface area contributed by atoms with Crippen molar-refractivity contribution in [2.45, 2.75) is 13.8 Å². The van der Waals surface area contributed by atoms with E-state index in [4.69, 9.17) is 10.00 Å². The fourth-order valence-corrected chi connectivity index (χ4v) is 2.24. The van der Waals surface area contributed by atoms with Gasteiger partial charge in [-0.15, -0.1) is 11.3 Å². The summed E-state index contributed by atoms with van der Waals surface area (Å²) in [5, 5.41) is 13.0. The van der Waals surface area contributed by atoms with Crippen LogP contribution in [-0.2, 0) is 0 Å². The SMILES string of the molecule is CCOc1ccccc1Nc1nc(C)sc1C#N. The van der Waals surface area contributed by atoms with Gasteiger partial charge in [-0.25, -0.2) is 4.98 Å². The lowest BCUT2D eigenvalue weighted by Crippen LogP contribution is -1.98. The van der Waals surface area contributed by atoms with Crippen molar-refractivity contribution in [3.63, 3.8) is 0 Å². The molecule has 0 aliphatic rings. The fraction of sp³-hybridized carbons (Fsp3) is 0.231. The Kier molecular flexibility index (Phi) is 3.80. The predicted octanol–water partition coefficient (Wildman–Crippen LogP) is 3.47. The molecular formula is C13H13N3OS. The summed E-state index contributed by atoms with van der Waals surface area (Å²) in [5.41, 5.74) is 0.821. The van der Waals surface area contributed by atoms with Crippen LogP contribution in [0.15, 0.2) is 24.3 Å². The van der Waals surface area contributed by atoms with E-state index in [1.807, 2.05) is 38.1 Å². The summed E-state index contributed by atoms with van der Waals surface area (Å²) in [6.07, 6.45) is 0. The highest BCUT2D eigenvalue weighted by atomic mass is 32.1. The van der Waals surface area contributed by atoms with Crippen LogP contribution in [0, 0.1) is 18.3 Å². The van der Waals surface area contributed by atoms with Crippen LogP contribution in [0.1, 0.15) is 16.8 Å². The molecule has 0 unspecified atom stereocenters. The molecule has 2 rings (SSSR count). The molecule has 0 saturated heterocycles. The first kappa shape index (κ1) is 12.4. The molecule has 18 heavy (non-hydrogen) atoms. The first-order chi connectivity index (χ1) is 8.74. The zero-order chi connectivity index (χ0) is 13.0. The van der Waals surface area contributed by atoms with Crippen LogP contribution in [0.3, 0.4) is 0 Å². The van der Waals surface area contributed by atoms with Crippen molar-refractivity contribution < 1.29 is 4.74 Å². The standard InChI is InChI=1S/C13H13N3OS/c1-3-17-11-7-5-4-6-10(11)16-13-12(8-14)18-9(2)15-13/h4-7,16H,3H2,1-2H3. The van der Waals surface area contributed by atoms with Crippen LogP contribution in [-0.4, -0.2) is 11.6 Å². The van der Waals surface area contributed by atoms with Gasteiger partial charge in [0.05, 0.1) is 17.3 Å². The highest BCUT2D eigenvalue weighted by molar-refractivity contribution is 7.12. The second kappa shape index (κ2) is 5.52. The molecule has 2 aromatic rings. The molecule has 1 heterocycles. The van der Waals surface area contributed by atoms with Gasteiger partial charge in [-0.2, -0.15) is 5.26 Å². The van der Waals surface area contributed by atoms with E-state index in [9.17, 15) is 0 Å². The molecular weight excluding hydrogens is 246 g/mol. The number of hydrogen-bond donors (Lipinski definition) is 1. The summed E-state index contributed by atoms with van der Waals surface area (Å²) < 4.78 is 5.52. The maximum Gasteiger partial charge on any atom is 0.160 e. The first-order valence-corrected chi connectivity index (χ1v) is 6.42. The molecule has 5 heteroatoms. The number of anilines is 2. The third-order valence-electron chi connectivity index (χ3n) is 2.28. The highest BCUT2D eigenvalue weighted by Gasteiger charge is 2.10. The Morgan fingerprint density at radius 3 is 2.94 bits per heavy atom. The number of aryl methyl sites for hydroxylation is 1. The average Bonchev–Trinajstić information content (AvgIpc) is 2.72. The highest BCUT2D eigenvalue weighted by Crippen LogP contribution is 2.30. The Morgan fingerprint density at radius 2 is 2.22 bits per heavy atom. The number of hydrogen-bond acceptors (Lipinski definition) is 5. The minimum absolute atomic E-state index is 0.582. The normalized spacial score (nSPS) is 9.83. The molecule has 0 fully saturated rings. The van der Waals surface area contributed by atoms with E-state index < -0.39 is 0 Å². The van der Waals surface area contributed by atoms with Gasteiger partial charge in [-0.3, -0.25) is 0 Å². The summed E-state index contributed by atoms with van der Waals surface area (Å²) >= 11 is 1.38. The van der Waals surface area contributed by atoms with Crippen molar-refractivity contribution >= 4 is 22.8 Å². The predicted molar refractivity (Wildman–Crippen MR) is 72.5 cm³/mol. The van der Waals surface area contributed by atoms with Crippen LogP contribution in [0.5, 0.6) is 5.75 Å². The molecule has 0 radical (unpaired) electrons. The van der Waals surface area contributed by atoms with Crippen molar-refractivity contribution in [1.82, 2.24) is 4.98 Å². The van der Waals surface area contributed by atoms with E-state index in [2.05, 4.69) is 16.4 Å². The van der Waals surface area contributed by atoms with Crippen molar-refractivity contribution in [1.29, 1.82) is 5.26 Å². The quantitative estimate of drug-likeness (QED) is 0.913. The summed E-state index contributed by atoms with van der Waals surface area (Å²) in [6, 6.07) is 9.75. The Morgan fingerprint density at radius 1 is 1.44 bits per heavy atom. The fourth-order valence-electron chi connectivity index (χ4n) is 1.57. The van der Waals surface area contributed by atoms with Gasteiger partial charge in [0.25, 0.3) is 0 Å². The summed E-state index contributed by atoms with van der Waals surface area (Å²) in [4.78, 5) is 4.89. The Hall–Kier alpha value is -2.06. The van der Waals surface area contributed by atoms with E-state index in [1.165, 1.54) is 11.3 Å². The lowest BCUT2D eigenvalue weighted by atomic mass is 10.3. The molecule has 0 spiro atoms. The van der Waals surface area contributed by atoms with E-state index in [-0.39, 0.29) is 0 Å². The zero-order valence-corrected chi connectivity index (χ0v) is 11.0. The number of para-hydroxylation sites is 2. The molecule has 0 aliphatic heterocycles. The molecule has 4 nitrogen and oxygen atoms in total. The Balaban J connectivity index is 2.31. The summed E-state index contributed by atoms with van der Waals surface area (Å²) in [7, 11) is 0. The van der Waals surface area contributed by atoms with Crippen LogP contribution >= 0.6 is 11.3 Å². The van der Waals surface area contributed by atoms with Crippen LogP contribution in [0.4, 0.5) is 11.5 Å². The van der Waals surface area contributed by atoms with E-state index in [1.54, 1.807) is 0 Å². The largest absolute Gasteiger partial charge is 0.492 e. The maximum atomic E-state index is 9.03. The Labute approximate surface area is 110 Å². The van der Waals surface area contributed by atoms with Gasteiger partial charge in [-0.1, -0.05) is 12.1 Å². The molecule has 0 saturated carbocycles. The van der Waals surface area contributed by atoms with Gasteiger partial charge in [0.1, 0.15) is 16.7 Å². The minimum atomic E-state index is 0.582. The number of benzene rings is 1. The second-order valence-corrected chi connectivity index (χ2v) is 4.78. The molecule has 92 valence electrons. The van der Waals surface area contributed by atoms with Crippen LogP contribution < -0.4 is 10.1 Å². The number of rotatable bonds is 4. The van der Waals surface area contributed by atoms with Gasteiger partial charge in [0.2, 0.25) is 0 Å². The summed E-state index contributed by atoms with van der Waals surface area (Å²) in [6.45, 7) is 4.41. The molecule has 0 aliphatic carbocycles. The molecule has 1 aromatic heterocycles. The minimum Gasteiger partial charge on any atom is -0.492 e. The first-order valence-electron chi connectivity index (χ1n) is 5.61. The number of nitrogens with one attached hydrogen (secondary N) is 1. The monoisotopic (exact) mass is 259 g/mol. The van der Waals surface area contributed by atoms with E-state index >= 15 is 0 Å². The van der Waals surface area contributed by atoms with Crippen molar-refractivity contribution in [2.75, 3.05) is 11.9 Å². The molecule has 0 atom stereocenters. The zero-order valence-electron chi connectivity index (χ0n) is 10.2. The van der Waals surface area contributed by atoms with E-state index in [0.29, 0.717) is 17.3 Å². The molecule has 1 aromatic carbocycles. The van der Waals surface area contributed by atoms with Gasteiger partial charge in [0, 0.05) is 0 Å². The van der Waals surface area contributed by atoms with Gasteiger partial charge < -0.3 is 10.1 Å². The second-order valence-electron chi connectivity index (χ2n) is 3.58. The lowest BCUT2D eigenvalue weighted by Gasteiger charge is -2.10. The van der Waals surface area contributed by atoms with Crippen molar-refractivity contribution in [3.8, 4) is 11.8 Å². The summed E-state index contributed by atoms with van der Waals surface area (Å²) in [5.74, 6) is 1.35. The van der Waals surface area contributed by atoms with Gasteiger partial charge in [0.15, 0.2) is 5.82 Å². The molecule has 0 bridgehead atoms. The van der Waals surface area contributed by atoms with Crippen molar-refractivity contribution in [3.05, 3.63) is 34.2 Å². The lowest BCUT2D eigenvalue weighted by molar-refractivity contribution is 0.342. The smallest absolute Gasteiger partial charge is 0.160 e. The number of aromatic nitrogens is 1. The van der Waals surface area contributed by atoms with Crippen molar-refractivity contribution in [2.24, 2.45) is 0 Å². The third-order valence-corrected chi connectivity index (χ3v) is 3.15. The van der Waals surface area contributed by atoms with Crippen LogP contribution in [0.2, 0.25) is 0 Å². The van der Waals surface area contributed by atoms with Crippen LogP contribution in [0.25, 0.3) is 0 Å². The number of ether oxygens (including phenoxy) is 1. The Bertz CT molecular complexity index is 586. The number of nitriles is 1. The average molecular weight is 259 g/mol. The van der Waals surface area contributed by atoms with Gasteiger partial charge in [-0.05, 0) is 26.0 Å². The molecule has 1 N–H and O–H groups in total. The topological polar surface area (TPSA) is 57.9 Å². The maximum absolute atomic E-state index is 9.03. The molecule has 0 amide bonds. The number of thiazole rings is 1. The van der Waals surface area contributed by atoms with Gasteiger partial charge >= 0.3 is 0 Å².